The zero-order chi connectivity index (χ0) is 22.5. The molecule has 4 aliphatic rings. The van der Waals surface area contributed by atoms with E-state index in [0.29, 0.717) is 44.2 Å². The Hall–Kier alpha value is -1.81. The second-order valence-electron chi connectivity index (χ2n) is 10.7. The molecular formula is C23H36N6O3. The molecule has 4 fully saturated rings. The third-order valence-corrected chi connectivity index (χ3v) is 7.52. The molecule has 0 radical (unpaired) electrons. The number of piperazine rings is 1. The van der Waals surface area contributed by atoms with Crippen molar-refractivity contribution in [3.8, 4) is 0 Å². The van der Waals surface area contributed by atoms with E-state index in [0.717, 1.165) is 30.8 Å². The van der Waals surface area contributed by atoms with Crippen LogP contribution in [0, 0.1) is 5.92 Å². The minimum Gasteiger partial charge on any atom is -0.381 e. The summed E-state index contributed by atoms with van der Waals surface area (Å²) < 4.78 is 6.41. The monoisotopic (exact) mass is 444 g/mol. The Bertz CT molecular complexity index is 846. The Morgan fingerprint density at radius 2 is 1.94 bits per heavy atom. The summed E-state index contributed by atoms with van der Waals surface area (Å²) in [5, 5.41) is 10.0. The Balaban J connectivity index is 1.24. The fourth-order valence-electron chi connectivity index (χ4n) is 5.34. The number of nitrogens with zero attached hydrogens (tertiary/aromatic N) is 4. The van der Waals surface area contributed by atoms with Gasteiger partial charge in [0.05, 0.1) is 23.4 Å². The molecule has 4 unspecified atom stereocenters. The molecule has 4 atom stereocenters. The SMILES string of the molecule is CC1(OC2CCC3NNC(c4cc(N5CCN(C(=O)C(C)(C)O)CC5)ncn4)C3C2)CC1. The van der Waals surface area contributed by atoms with Gasteiger partial charge in [0.15, 0.2) is 0 Å². The quantitative estimate of drug-likeness (QED) is 0.622. The molecule has 2 aliphatic heterocycles. The molecule has 0 bridgehead atoms. The first kappa shape index (κ1) is 22.0. The minimum absolute atomic E-state index is 0.114. The molecule has 5 rings (SSSR count). The van der Waals surface area contributed by atoms with Gasteiger partial charge in [0.25, 0.3) is 5.91 Å². The second kappa shape index (κ2) is 8.20. The number of rotatable bonds is 5. The van der Waals surface area contributed by atoms with E-state index in [-0.39, 0.29) is 17.6 Å². The number of aliphatic hydroxyl groups is 1. The van der Waals surface area contributed by atoms with Crippen molar-refractivity contribution in [3.05, 3.63) is 18.1 Å². The van der Waals surface area contributed by atoms with Gasteiger partial charge in [-0.05, 0) is 52.9 Å². The molecule has 9 nitrogen and oxygen atoms in total. The van der Waals surface area contributed by atoms with Crippen LogP contribution in [0.5, 0.6) is 0 Å². The first-order chi connectivity index (χ1) is 15.2. The molecule has 2 saturated heterocycles. The van der Waals surface area contributed by atoms with E-state index in [1.54, 1.807) is 25.1 Å². The number of carbonyl (C=O) groups excluding carboxylic acids is 1. The smallest absolute Gasteiger partial charge is 0.254 e. The normalized spacial score (nSPS) is 32.0. The van der Waals surface area contributed by atoms with Crippen molar-refractivity contribution >= 4 is 11.7 Å². The van der Waals surface area contributed by atoms with Crippen LogP contribution in [0.15, 0.2) is 12.4 Å². The van der Waals surface area contributed by atoms with E-state index in [1.165, 1.54) is 12.8 Å². The van der Waals surface area contributed by atoms with Gasteiger partial charge in [0, 0.05) is 44.2 Å². The number of amides is 1. The lowest BCUT2D eigenvalue weighted by Gasteiger charge is -2.38. The highest BCUT2D eigenvalue weighted by Gasteiger charge is 2.46. The van der Waals surface area contributed by atoms with E-state index in [2.05, 4.69) is 38.7 Å². The number of anilines is 1. The maximum atomic E-state index is 12.3. The predicted molar refractivity (Wildman–Crippen MR) is 120 cm³/mol. The van der Waals surface area contributed by atoms with Gasteiger partial charge in [-0.3, -0.25) is 10.2 Å². The highest BCUT2D eigenvalue weighted by atomic mass is 16.5. The van der Waals surface area contributed by atoms with Crippen molar-refractivity contribution in [2.24, 2.45) is 5.92 Å². The van der Waals surface area contributed by atoms with Crippen LogP contribution in [0.1, 0.15) is 64.6 Å². The highest BCUT2D eigenvalue weighted by molar-refractivity contribution is 5.84. The zero-order valence-corrected chi connectivity index (χ0v) is 19.4. The van der Waals surface area contributed by atoms with Crippen LogP contribution in [-0.4, -0.2) is 75.4 Å². The summed E-state index contributed by atoms with van der Waals surface area (Å²) in [4.78, 5) is 25.4. The van der Waals surface area contributed by atoms with Crippen LogP contribution >= 0.6 is 0 Å². The summed E-state index contributed by atoms with van der Waals surface area (Å²) in [6.07, 6.45) is 7.61. The summed E-state index contributed by atoms with van der Waals surface area (Å²) in [5.74, 6) is 1.12. The fraction of sp³-hybridized carbons (Fsp3) is 0.783. The second-order valence-corrected chi connectivity index (χ2v) is 10.7. The van der Waals surface area contributed by atoms with Crippen LogP contribution in [0.4, 0.5) is 5.82 Å². The third kappa shape index (κ3) is 4.48. The van der Waals surface area contributed by atoms with Gasteiger partial charge in [-0.25, -0.2) is 15.4 Å². The lowest BCUT2D eigenvalue weighted by atomic mass is 9.79. The maximum Gasteiger partial charge on any atom is 0.254 e. The van der Waals surface area contributed by atoms with Gasteiger partial charge in [-0.1, -0.05) is 0 Å². The lowest BCUT2D eigenvalue weighted by molar-refractivity contribution is -0.148. The molecule has 2 saturated carbocycles. The molecule has 1 aromatic heterocycles. The standard InChI is InChI=1S/C23H36N6O3/c1-22(2,31)21(30)29-10-8-28(9-11-29)19-13-18(24-14-25-19)20-16-12-15(32-23(3)6-7-23)4-5-17(16)26-27-20/h13-17,20,26-27,31H,4-12H2,1-3H3. The third-order valence-electron chi connectivity index (χ3n) is 7.52. The highest BCUT2D eigenvalue weighted by Crippen LogP contribution is 2.45. The maximum absolute atomic E-state index is 12.3. The van der Waals surface area contributed by atoms with Gasteiger partial charge in [-0.2, -0.15) is 0 Å². The number of hydrogen-bond acceptors (Lipinski definition) is 8. The van der Waals surface area contributed by atoms with Crippen molar-refractivity contribution in [1.29, 1.82) is 0 Å². The predicted octanol–water partition coefficient (Wildman–Crippen LogP) is 1.15. The van der Waals surface area contributed by atoms with E-state index in [1.807, 2.05) is 0 Å². The molecular weight excluding hydrogens is 408 g/mol. The molecule has 1 amide bonds. The summed E-state index contributed by atoms with van der Waals surface area (Å²) in [7, 11) is 0. The average Bonchev–Trinajstić information content (AvgIpc) is 3.35. The summed E-state index contributed by atoms with van der Waals surface area (Å²) >= 11 is 0. The Morgan fingerprint density at radius 1 is 1.19 bits per heavy atom. The number of ether oxygens (including phenoxy) is 1. The van der Waals surface area contributed by atoms with Gasteiger partial charge in [-0.15, -0.1) is 0 Å². The van der Waals surface area contributed by atoms with Crippen molar-refractivity contribution in [1.82, 2.24) is 25.7 Å². The van der Waals surface area contributed by atoms with Crippen LogP contribution in [0.2, 0.25) is 0 Å². The first-order valence-electron chi connectivity index (χ1n) is 12.0. The van der Waals surface area contributed by atoms with Gasteiger partial charge >= 0.3 is 0 Å². The van der Waals surface area contributed by atoms with E-state index < -0.39 is 5.60 Å². The Morgan fingerprint density at radius 3 is 2.62 bits per heavy atom. The summed E-state index contributed by atoms with van der Waals surface area (Å²) in [5.41, 5.74) is 6.76. The zero-order valence-electron chi connectivity index (χ0n) is 19.4. The minimum atomic E-state index is -1.33. The Kier molecular flexibility index (Phi) is 5.64. The van der Waals surface area contributed by atoms with Gasteiger partial charge in [0.2, 0.25) is 0 Å². The van der Waals surface area contributed by atoms with E-state index in [9.17, 15) is 9.90 Å². The average molecular weight is 445 g/mol. The van der Waals surface area contributed by atoms with Gasteiger partial charge < -0.3 is 19.6 Å². The molecule has 1 aromatic rings. The van der Waals surface area contributed by atoms with Crippen molar-refractivity contribution in [2.45, 2.75) is 82.3 Å². The molecule has 3 N–H and O–H groups in total. The van der Waals surface area contributed by atoms with Crippen LogP contribution in [0.25, 0.3) is 0 Å². The Labute approximate surface area is 189 Å². The topological polar surface area (TPSA) is 103 Å². The number of fused-ring (bicyclic) bond motifs is 1. The molecule has 9 heteroatoms. The molecule has 176 valence electrons. The van der Waals surface area contributed by atoms with Crippen LogP contribution < -0.4 is 15.8 Å². The van der Waals surface area contributed by atoms with Crippen molar-refractivity contribution in [2.75, 3.05) is 31.1 Å². The summed E-state index contributed by atoms with van der Waals surface area (Å²) in [6.45, 7) is 7.85. The van der Waals surface area contributed by atoms with Crippen molar-refractivity contribution in [3.63, 3.8) is 0 Å². The molecule has 2 aliphatic carbocycles. The van der Waals surface area contributed by atoms with E-state index in [4.69, 9.17) is 4.74 Å². The first-order valence-corrected chi connectivity index (χ1v) is 12.0. The molecule has 0 aromatic carbocycles. The molecule has 32 heavy (non-hydrogen) atoms. The fourth-order valence-corrected chi connectivity index (χ4v) is 5.34. The largest absolute Gasteiger partial charge is 0.381 e. The number of aromatic nitrogens is 2. The molecule has 0 spiro atoms. The van der Waals surface area contributed by atoms with Crippen LogP contribution in [-0.2, 0) is 9.53 Å². The number of carbonyl (C=O) groups is 1. The van der Waals surface area contributed by atoms with Crippen molar-refractivity contribution < 1.29 is 14.6 Å². The summed E-state index contributed by atoms with van der Waals surface area (Å²) in [6, 6.07) is 2.67. The van der Waals surface area contributed by atoms with Gasteiger partial charge in [0.1, 0.15) is 17.7 Å². The van der Waals surface area contributed by atoms with Crippen LogP contribution in [0.3, 0.4) is 0 Å². The number of hydrogen-bond donors (Lipinski definition) is 3. The van der Waals surface area contributed by atoms with E-state index >= 15 is 0 Å². The number of hydrazine groups is 1. The lowest BCUT2D eigenvalue weighted by Crippen LogP contribution is -2.54. The molecule has 3 heterocycles. The number of nitrogens with one attached hydrogen (secondary N) is 2.